The summed E-state index contributed by atoms with van der Waals surface area (Å²) < 4.78 is 5.55. The molecule has 1 aliphatic carbocycles. The molecule has 0 unspecified atom stereocenters. The van der Waals surface area contributed by atoms with Gasteiger partial charge in [0.25, 0.3) is 0 Å². The van der Waals surface area contributed by atoms with Crippen molar-refractivity contribution in [3.8, 4) is 6.07 Å². The maximum atomic E-state index is 9.40. The molecular weight excluding hydrogens is 290 g/mol. The number of fused-ring (bicyclic) bond motifs is 1. The van der Waals surface area contributed by atoms with E-state index in [4.69, 9.17) is 4.52 Å². The number of hydrogen-bond acceptors (Lipinski definition) is 6. The van der Waals surface area contributed by atoms with E-state index < -0.39 is 0 Å². The highest BCUT2D eigenvalue weighted by Gasteiger charge is 2.54. The van der Waals surface area contributed by atoms with Crippen LogP contribution in [-0.4, -0.2) is 28.2 Å². The summed E-state index contributed by atoms with van der Waals surface area (Å²) >= 11 is 0. The fourth-order valence-corrected chi connectivity index (χ4v) is 4.21. The predicted octanol–water partition coefficient (Wildman–Crippen LogP) is 2.51. The van der Waals surface area contributed by atoms with Gasteiger partial charge in [-0.3, -0.25) is 4.98 Å². The van der Waals surface area contributed by atoms with Crippen LogP contribution in [0.25, 0.3) is 0 Å². The molecule has 2 aliphatic rings. The molecule has 6 heteroatoms. The van der Waals surface area contributed by atoms with E-state index in [2.05, 4.69) is 26.1 Å². The van der Waals surface area contributed by atoms with Crippen LogP contribution >= 0.6 is 0 Å². The highest BCUT2D eigenvalue weighted by molar-refractivity contribution is 5.60. The fourth-order valence-electron chi connectivity index (χ4n) is 4.21. The van der Waals surface area contributed by atoms with Crippen molar-refractivity contribution in [3.05, 3.63) is 35.2 Å². The second-order valence-corrected chi connectivity index (χ2v) is 6.73. The number of hydrogen-bond donors (Lipinski definition) is 0. The Morgan fingerprint density at radius 3 is 3.04 bits per heavy atom. The maximum Gasteiger partial charge on any atom is 0.234 e. The zero-order valence-electron chi connectivity index (χ0n) is 13.4. The Morgan fingerprint density at radius 2 is 2.30 bits per heavy atom. The van der Waals surface area contributed by atoms with Crippen molar-refractivity contribution < 1.29 is 4.52 Å². The second-order valence-electron chi connectivity index (χ2n) is 6.73. The van der Waals surface area contributed by atoms with Crippen LogP contribution in [0.4, 0.5) is 5.69 Å². The second kappa shape index (κ2) is 5.05. The zero-order valence-corrected chi connectivity index (χ0v) is 13.4. The third-order valence-corrected chi connectivity index (χ3v) is 5.30. The summed E-state index contributed by atoms with van der Waals surface area (Å²) in [7, 11) is 0. The fraction of sp³-hybridized carbons (Fsp3) is 0.529. The van der Waals surface area contributed by atoms with Gasteiger partial charge in [0, 0.05) is 25.0 Å². The first-order valence-electron chi connectivity index (χ1n) is 8.05. The lowest BCUT2D eigenvalue weighted by molar-refractivity contribution is 0.265. The van der Waals surface area contributed by atoms with Crippen LogP contribution in [0.5, 0.6) is 0 Å². The number of aryl methyl sites for hydroxylation is 2. The van der Waals surface area contributed by atoms with Crippen LogP contribution in [-0.2, 0) is 5.41 Å². The molecule has 1 aliphatic heterocycles. The molecule has 1 saturated carbocycles. The van der Waals surface area contributed by atoms with E-state index in [1.807, 2.05) is 19.9 Å². The molecule has 23 heavy (non-hydrogen) atoms. The smallest absolute Gasteiger partial charge is 0.234 e. The van der Waals surface area contributed by atoms with Crippen molar-refractivity contribution in [3.63, 3.8) is 0 Å². The highest BCUT2D eigenvalue weighted by atomic mass is 16.5. The average molecular weight is 309 g/mol. The van der Waals surface area contributed by atoms with Gasteiger partial charge in [0.1, 0.15) is 6.07 Å². The van der Waals surface area contributed by atoms with Crippen molar-refractivity contribution in [2.75, 3.05) is 18.0 Å². The molecule has 0 bridgehead atoms. The Balaban J connectivity index is 1.73. The van der Waals surface area contributed by atoms with Gasteiger partial charge < -0.3 is 9.42 Å². The van der Waals surface area contributed by atoms with Gasteiger partial charge in [-0.15, -0.1) is 0 Å². The van der Waals surface area contributed by atoms with Crippen LogP contribution < -0.4 is 4.90 Å². The van der Waals surface area contributed by atoms with Gasteiger partial charge in [-0.05, 0) is 38.7 Å². The summed E-state index contributed by atoms with van der Waals surface area (Å²) in [6.07, 6.45) is 5.11. The molecule has 118 valence electrons. The van der Waals surface area contributed by atoms with Crippen molar-refractivity contribution >= 4 is 5.69 Å². The average Bonchev–Trinajstić information content (AvgIpc) is 3.20. The van der Waals surface area contributed by atoms with Gasteiger partial charge in [0.2, 0.25) is 5.89 Å². The standard InChI is InChI=1S/C17H19N5O/c1-11-6-15(13(7-18)8-19-11)22-9-14-4-3-5-17(14,10-22)16-20-12(2)21-23-16/h6,8,14H,3-5,9-10H2,1-2H3/t14-,17-/m0/s1. The number of nitriles is 1. The quantitative estimate of drug-likeness (QED) is 0.848. The first-order chi connectivity index (χ1) is 11.1. The van der Waals surface area contributed by atoms with Crippen LogP contribution in [0.3, 0.4) is 0 Å². The molecule has 0 amide bonds. The Morgan fingerprint density at radius 1 is 1.43 bits per heavy atom. The van der Waals surface area contributed by atoms with E-state index >= 15 is 0 Å². The van der Waals surface area contributed by atoms with E-state index in [0.717, 1.165) is 36.8 Å². The van der Waals surface area contributed by atoms with Crippen LogP contribution in [0.1, 0.15) is 42.2 Å². The van der Waals surface area contributed by atoms with E-state index in [9.17, 15) is 5.26 Å². The van der Waals surface area contributed by atoms with E-state index in [0.29, 0.717) is 17.3 Å². The number of aromatic nitrogens is 3. The zero-order chi connectivity index (χ0) is 16.0. The van der Waals surface area contributed by atoms with Crippen LogP contribution in [0.2, 0.25) is 0 Å². The van der Waals surface area contributed by atoms with Gasteiger partial charge in [-0.25, -0.2) is 0 Å². The molecule has 0 spiro atoms. The highest BCUT2D eigenvalue weighted by Crippen LogP contribution is 2.51. The van der Waals surface area contributed by atoms with Gasteiger partial charge >= 0.3 is 0 Å². The van der Waals surface area contributed by atoms with Crippen molar-refractivity contribution in [2.24, 2.45) is 5.92 Å². The Labute approximate surface area is 135 Å². The van der Waals surface area contributed by atoms with Crippen LogP contribution in [0, 0.1) is 31.1 Å². The lowest BCUT2D eigenvalue weighted by Gasteiger charge is -2.25. The largest absolute Gasteiger partial charge is 0.369 e. The third kappa shape index (κ3) is 2.11. The normalized spacial score (nSPS) is 26.3. The molecule has 0 radical (unpaired) electrons. The summed E-state index contributed by atoms with van der Waals surface area (Å²) in [4.78, 5) is 11.1. The van der Waals surface area contributed by atoms with Gasteiger partial charge in [-0.2, -0.15) is 10.2 Å². The van der Waals surface area contributed by atoms with Crippen molar-refractivity contribution in [1.82, 2.24) is 15.1 Å². The molecular formula is C17H19N5O. The molecule has 2 fully saturated rings. The minimum Gasteiger partial charge on any atom is -0.369 e. The molecule has 0 aromatic carbocycles. The number of rotatable bonds is 2. The predicted molar refractivity (Wildman–Crippen MR) is 84.0 cm³/mol. The van der Waals surface area contributed by atoms with E-state index in [-0.39, 0.29) is 5.41 Å². The lowest BCUT2D eigenvalue weighted by atomic mass is 9.80. The monoisotopic (exact) mass is 309 g/mol. The summed E-state index contributed by atoms with van der Waals surface area (Å²) in [6.45, 7) is 5.58. The Bertz CT molecular complexity index is 793. The SMILES string of the molecule is Cc1cc(N2C[C@@H]3CCC[C@]3(c3nc(C)no3)C2)c(C#N)cn1. The Kier molecular flexibility index (Phi) is 3.12. The Hall–Kier alpha value is -2.42. The maximum absolute atomic E-state index is 9.40. The minimum absolute atomic E-state index is 0.0643. The summed E-state index contributed by atoms with van der Waals surface area (Å²) in [5, 5.41) is 13.4. The lowest BCUT2D eigenvalue weighted by Crippen LogP contribution is -2.32. The number of anilines is 1. The van der Waals surface area contributed by atoms with E-state index in [1.54, 1.807) is 6.20 Å². The molecule has 2 atom stereocenters. The third-order valence-electron chi connectivity index (χ3n) is 5.30. The molecule has 6 nitrogen and oxygen atoms in total. The summed E-state index contributed by atoms with van der Waals surface area (Å²) in [6, 6.07) is 4.27. The van der Waals surface area contributed by atoms with Crippen LogP contribution in [0.15, 0.2) is 16.8 Å². The van der Waals surface area contributed by atoms with Crippen molar-refractivity contribution in [2.45, 2.75) is 38.5 Å². The molecule has 4 rings (SSSR count). The van der Waals surface area contributed by atoms with Crippen molar-refractivity contribution in [1.29, 1.82) is 5.26 Å². The first kappa shape index (κ1) is 14.2. The summed E-state index contributed by atoms with van der Waals surface area (Å²) in [5.41, 5.74) is 2.47. The molecule has 1 saturated heterocycles. The molecule has 0 N–H and O–H groups in total. The van der Waals surface area contributed by atoms with E-state index in [1.165, 1.54) is 12.8 Å². The van der Waals surface area contributed by atoms with Gasteiger partial charge in [-0.1, -0.05) is 11.6 Å². The molecule has 2 aromatic rings. The first-order valence-corrected chi connectivity index (χ1v) is 8.05. The molecule has 2 aromatic heterocycles. The van der Waals surface area contributed by atoms with Gasteiger partial charge in [0.05, 0.1) is 16.7 Å². The summed E-state index contributed by atoms with van der Waals surface area (Å²) in [5.74, 6) is 1.96. The minimum atomic E-state index is -0.0643. The molecule has 3 heterocycles. The number of nitrogens with zero attached hydrogens (tertiary/aromatic N) is 5. The van der Waals surface area contributed by atoms with Gasteiger partial charge in [0.15, 0.2) is 5.82 Å². The number of pyridine rings is 1. The topological polar surface area (TPSA) is 78.8 Å².